The third-order valence-electron chi connectivity index (χ3n) is 2.56. The van der Waals surface area contributed by atoms with Crippen LogP contribution in [0.5, 0.6) is 0 Å². The average Bonchev–Trinajstić information content (AvgIpc) is 2.96. The minimum absolute atomic E-state index is 0.315. The van der Waals surface area contributed by atoms with E-state index in [1.54, 1.807) is 24.5 Å². The summed E-state index contributed by atoms with van der Waals surface area (Å²) < 4.78 is 5.36. The number of hydrogen-bond acceptors (Lipinski definition) is 4. The van der Waals surface area contributed by atoms with Gasteiger partial charge in [-0.25, -0.2) is 0 Å². The molecule has 0 saturated carbocycles. The van der Waals surface area contributed by atoms with E-state index in [2.05, 4.69) is 15.2 Å². The molecule has 3 heterocycles. The van der Waals surface area contributed by atoms with Gasteiger partial charge in [0, 0.05) is 18.0 Å². The Bertz CT molecular complexity index is 674. The van der Waals surface area contributed by atoms with Crippen LogP contribution in [-0.4, -0.2) is 15.2 Å². The lowest BCUT2D eigenvalue weighted by Gasteiger charge is -2.01. The van der Waals surface area contributed by atoms with Gasteiger partial charge in [0.2, 0.25) is 0 Å². The third kappa shape index (κ3) is 1.74. The lowest BCUT2D eigenvalue weighted by Crippen LogP contribution is -1.88. The first-order valence-electron chi connectivity index (χ1n) is 5.25. The van der Waals surface area contributed by atoms with Gasteiger partial charge in [0.05, 0.1) is 5.56 Å². The molecule has 0 spiro atoms. The fourth-order valence-electron chi connectivity index (χ4n) is 1.79. The summed E-state index contributed by atoms with van der Waals surface area (Å²) in [7, 11) is 0. The number of halogens is 1. The molecule has 0 radical (unpaired) electrons. The van der Waals surface area contributed by atoms with Gasteiger partial charge >= 0.3 is 0 Å². The van der Waals surface area contributed by atoms with Crippen molar-refractivity contribution in [2.75, 3.05) is 5.73 Å². The van der Waals surface area contributed by atoms with Gasteiger partial charge in [-0.3, -0.25) is 10.1 Å². The Morgan fingerprint density at radius 3 is 2.83 bits per heavy atom. The zero-order chi connectivity index (χ0) is 12.5. The third-order valence-corrected chi connectivity index (χ3v) is 2.77. The number of hydrogen-bond donors (Lipinski definition) is 2. The quantitative estimate of drug-likeness (QED) is 0.742. The summed E-state index contributed by atoms with van der Waals surface area (Å²) in [6.07, 6.45) is 3.42. The van der Waals surface area contributed by atoms with Crippen molar-refractivity contribution in [2.45, 2.75) is 0 Å². The second kappa shape index (κ2) is 4.19. The van der Waals surface area contributed by atoms with E-state index in [4.69, 9.17) is 21.8 Å². The number of aromatic amines is 1. The monoisotopic (exact) mass is 260 g/mol. The summed E-state index contributed by atoms with van der Waals surface area (Å²) in [4.78, 5) is 4.07. The summed E-state index contributed by atoms with van der Waals surface area (Å²) in [5.41, 5.74) is 8.19. The molecule has 0 amide bonds. The lowest BCUT2D eigenvalue weighted by atomic mass is 10.1. The minimum atomic E-state index is 0.315. The number of nitrogens with one attached hydrogen (secondary N) is 1. The molecular weight excluding hydrogens is 252 g/mol. The first-order chi connectivity index (χ1) is 8.75. The molecule has 5 nitrogen and oxygen atoms in total. The molecule has 0 aromatic carbocycles. The van der Waals surface area contributed by atoms with Gasteiger partial charge in [0.15, 0.2) is 16.8 Å². The maximum absolute atomic E-state index is 5.87. The van der Waals surface area contributed by atoms with Crippen LogP contribution in [0.4, 0.5) is 5.82 Å². The van der Waals surface area contributed by atoms with E-state index in [9.17, 15) is 0 Å². The number of aromatic nitrogens is 3. The lowest BCUT2D eigenvalue weighted by molar-refractivity contribution is 0.582. The zero-order valence-electron chi connectivity index (χ0n) is 9.22. The van der Waals surface area contributed by atoms with E-state index >= 15 is 0 Å². The molecule has 3 rings (SSSR count). The number of rotatable bonds is 2. The van der Waals surface area contributed by atoms with Crippen LogP contribution in [0.15, 0.2) is 41.1 Å². The van der Waals surface area contributed by atoms with Crippen molar-refractivity contribution in [3.8, 4) is 22.6 Å². The number of anilines is 1. The normalized spacial score (nSPS) is 10.7. The maximum Gasteiger partial charge on any atom is 0.194 e. The van der Waals surface area contributed by atoms with Gasteiger partial charge in [-0.2, -0.15) is 5.10 Å². The molecule has 0 unspecified atom stereocenters. The first-order valence-corrected chi connectivity index (χ1v) is 5.63. The molecule has 0 aliphatic rings. The Labute approximate surface area is 108 Å². The molecule has 6 heteroatoms. The second-order valence-electron chi connectivity index (χ2n) is 3.70. The SMILES string of the molecule is Nc1n[nH]c(-c2ccc(Cl)o2)c1-c1cccnc1. The van der Waals surface area contributed by atoms with Gasteiger partial charge in [-0.1, -0.05) is 6.07 Å². The molecular formula is C12H9ClN4O. The molecule has 18 heavy (non-hydrogen) atoms. The smallest absolute Gasteiger partial charge is 0.194 e. The van der Waals surface area contributed by atoms with Crippen molar-refractivity contribution < 1.29 is 4.42 Å². The number of nitrogens with two attached hydrogens (primary N) is 1. The van der Waals surface area contributed by atoms with Crippen molar-refractivity contribution in [3.05, 3.63) is 41.9 Å². The Morgan fingerprint density at radius 2 is 2.17 bits per heavy atom. The van der Waals surface area contributed by atoms with Crippen LogP contribution in [-0.2, 0) is 0 Å². The molecule has 3 aromatic rings. The predicted octanol–water partition coefficient (Wildman–Crippen LogP) is 2.97. The van der Waals surface area contributed by atoms with Gasteiger partial charge in [0.1, 0.15) is 5.69 Å². The molecule has 0 aliphatic heterocycles. The molecule has 0 saturated heterocycles. The Hall–Kier alpha value is -2.27. The maximum atomic E-state index is 5.87. The van der Waals surface area contributed by atoms with Crippen LogP contribution in [0.25, 0.3) is 22.6 Å². The average molecular weight is 261 g/mol. The van der Waals surface area contributed by atoms with E-state index < -0.39 is 0 Å². The van der Waals surface area contributed by atoms with E-state index in [1.807, 2.05) is 12.1 Å². The van der Waals surface area contributed by atoms with Crippen molar-refractivity contribution in [3.63, 3.8) is 0 Å². The largest absolute Gasteiger partial charge is 0.443 e. The molecule has 0 aliphatic carbocycles. The Morgan fingerprint density at radius 1 is 1.28 bits per heavy atom. The van der Waals surface area contributed by atoms with Crippen LogP contribution >= 0.6 is 11.6 Å². The van der Waals surface area contributed by atoms with Crippen LogP contribution in [0, 0.1) is 0 Å². The number of furan rings is 1. The summed E-state index contributed by atoms with van der Waals surface area (Å²) in [6, 6.07) is 7.17. The summed E-state index contributed by atoms with van der Waals surface area (Å²) in [6.45, 7) is 0. The van der Waals surface area contributed by atoms with Crippen molar-refractivity contribution >= 4 is 17.4 Å². The number of H-pyrrole nitrogens is 1. The van der Waals surface area contributed by atoms with E-state index in [0.717, 1.165) is 11.1 Å². The molecule has 3 N–H and O–H groups in total. The molecule has 90 valence electrons. The Balaban J connectivity index is 2.18. The van der Waals surface area contributed by atoms with Crippen LogP contribution < -0.4 is 5.73 Å². The molecule has 0 atom stereocenters. The summed E-state index contributed by atoms with van der Waals surface area (Å²) in [5, 5.41) is 7.16. The van der Waals surface area contributed by atoms with Crippen LogP contribution in [0.2, 0.25) is 5.22 Å². The topological polar surface area (TPSA) is 80.7 Å². The highest BCUT2D eigenvalue weighted by Gasteiger charge is 2.17. The number of pyridine rings is 1. The van der Waals surface area contributed by atoms with Crippen molar-refractivity contribution in [1.82, 2.24) is 15.2 Å². The van der Waals surface area contributed by atoms with E-state index in [0.29, 0.717) is 22.5 Å². The fraction of sp³-hybridized carbons (Fsp3) is 0. The molecule has 0 bridgehead atoms. The highest BCUT2D eigenvalue weighted by molar-refractivity contribution is 6.29. The van der Waals surface area contributed by atoms with Gasteiger partial charge < -0.3 is 10.2 Å². The minimum Gasteiger partial charge on any atom is -0.443 e. The van der Waals surface area contributed by atoms with Gasteiger partial charge in [-0.15, -0.1) is 0 Å². The van der Waals surface area contributed by atoms with Gasteiger partial charge in [-0.05, 0) is 29.8 Å². The number of nitrogen functional groups attached to an aromatic ring is 1. The Kier molecular flexibility index (Phi) is 2.53. The highest BCUT2D eigenvalue weighted by Crippen LogP contribution is 2.35. The fourth-order valence-corrected chi connectivity index (χ4v) is 1.93. The van der Waals surface area contributed by atoms with Crippen molar-refractivity contribution in [2.24, 2.45) is 0 Å². The predicted molar refractivity (Wildman–Crippen MR) is 68.9 cm³/mol. The van der Waals surface area contributed by atoms with Gasteiger partial charge in [0.25, 0.3) is 0 Å². The van der Waals surface area contributed by atoms with E-state index in [-0.39, 0.29) is 0 Å². The molecule has 3 aromatic heterocycles. The van der Waals surface area contributed by atoms with Crippen LogP contribution in [0.1, 0.15) is 0 Å². The molecule has 0 fully saturated rings. The number of nitrogens with zero attached hydrogens (tertiary/aromatic N) is 2. The highest BCUT2D eigenvalue weighted by atomic mass is 35.5. The first kappa shape index (κ1) is 10.9. The van der Waals surface area contributed by atoms with E-state index in [1.165, 1.54) is 0 Å². The summed E-state index contributed by atoms with van der Waals surface area (Å²) >= 11 is 5.77. The standard InChI is InChI=1S/C12H9ClN4O/c13-9-4-3-8(18-9)11-10(12(14)17-16-11)7-2-1-5-15-6-7/h1-6H,(H3,14,16,17). The second-order valence-corrected chi connectivity index (χ2v) is 4.08. The summed E-state index contributed by atoms with van der Waals surface area (Å²) in [5.74, 6) is 0.980. The van der Waals surface area contributed by atoms with Crippen molar-refractivity contribution in [1.29, 1.82) is 0 Å². The van der Waals surface area contributed by atoms with Crippen LogP contribution in [0.3, 0.4) is 0 Å². The zero-order valence-corrected chi connectivity index (χ0v) is 9.98.